The molecular weight excluding hydrogens is 351 g/mol. The summed E-state index contributed by atoms with van der Waals surface area (Å²) in [6, 6.07) is 5.72. The second-order valence-corrected chi connectivity index (χ2v) is 1.85. The van der Waals surface area contributed by atoms with Crippen molar-refractivity contribution in [1.82, 2.24) is 4.98 Å². The summed E-state index contributed by atoms with van der Waals surface area (Å²) in [5.41, 5.74) is 0. The topological polar surface area (TPSA) is 84.3 Å². The van der Waals surface area contributed by atoms with E-state index in [4.69, 9.17) is 15.8 Å². The number of aromatic nitrogens is 1. The molecular formula is C8H5N4RhS3. The van der Waals surface area contributed by atoms with Gasteiger partial charge in [0.1, 0.15) is 0 Å². The minimum atomic E-state index is 0. The van der Waals surface area contributed by atoms with Crippen LogP contribution in [0, 0.1) is 32.0 Å². The fraction of sp³-hybridized carbons (Fsp3) is 0. The molecule has 0 spiro atoms. The number of nitriles is 3. The van der Waals surface area contributed by atoms with Gasteiger partial charge in [0.25, 0.3) is 0 Å². The van der Waals surface area contributed by atoms with Crippen LogP contribution in [0.15, 0.2) is 30.6 Å². The van der Waals surface area contributed by atoms with Crippen LogP contribution in [-0.4, -0.2) is 4.98 Å². The van der Waals surface area contributed by atoms with E-state index in [0.29, 0.717) is 0 Å². The predicted octanol–water partition coefficient (Wildman–Crippen LogP) is 1.12. The molecule has 1 aromatic rings. The van der Waals surface area contributed by atoms with E-state index in [0.717, 1.165) is 0 Å². The molecule has 1 heterocycles. The fourth-order valence-electron chi connectivity index (χ4n) is 0.313. The first-order valence-corrected chi connectivity index (χ1v) is 4.36. The van der Waals surface area contributed by atoms with Gasteiger partial charge in [-0.25, -0.2) is 15.8 Å². The molecule has 0 aliphatic carbocycles. The molecule has 4 nitrogen and oxygen atoms in total. The second kappa shape index (κ2) is 37.1. The summed E-state index contributed by atoms with van der Waals surface area (Å²) in [6.45, 7) is 0. The van der Waals surface area contributed by atoms with Gasteiger partial charge in [0.2, 0.25) is 0 Å². The largest absolute Gasteiger partial charge is 3.00 e. The van der Waals surface area contributed by atoms with Crippen molar-refractivity contribution in [3.63, 3.8) is 0 Å². The number of nitrogens with zero attached hydrogens (tertiary/aromatic N) is 4. The Labute approximate surface area is 124 Å². The van der Waals surface area contributed by atoms with Crippen molar-refractivity contribution in [2.75, 3.05) is 0 Å². The number of thiocyanates is 3. The van der Waals surface area contributed by atoms with E-state index < -0.39 is 0 Å². The Morgan fingerprint density at radius 2 is 1.00 bits per heavy atom. The van der Waals surface area contributed by atoms with Gasteiger partial charge >= 0.3 is 19.5 Å². The Bertz CT molecular complexity index is 260. The van der Waals surface area contributed by atoms with Crippen LogP contribution in [0.4, 0.5) is 0 Å². The molecule has 0 fully saturated rings. The van der Waals surface area contributed by atoms with Crippen LogP contribution in [0.1, 0.15) is 0 Å². The molecule has 0 unspecified atom stereocenters. The van der Waals surface area contributed by atoms with Gasteiger partial charge in [-0.05, 0) is 12.1 Å². The Kier molecular flexibility index (Phi) is 56.1. The Morgan fingerprint density at radius 3 is 1.06 bits per heavy atom. The number of pyridine rings is 1. The van der Waals surface area contributed by atoms with Crippen LogP contribution in [0.3, 0.4) is 0 Å². The normalized spacial score (nSPS) is 4.31. The number of rotatable bonds is 0. The first-order chi connectivity index (χ1) is 7.24. The number of hydrogen-bond acceptors (Lipinski definition) is 7. The summed E-state index contributed by atoms with van der Waals surface area (Å²) >= 11 is 11.1. The minimum Gasteiger partial charge on any atom is -0.696 e. The molecule has 0 saturated carbocycles. The van der Waals surface area contributed by atoms with Crippen LogP contribution < -0.4 is 0 Å². The van der Waals surface area contributed by atoms with E-state index in [1.165, 1.54) is 16.2 Å². The Balaban J connectivity index is -0.0000000637. The minimum absolute atomic E-state index is 0. The van der Waals surface area contributed by atoms with Crippen LogP contribution in [-0.2, 0) is 57.4 Å². The van der Waals surface area contributed by atoms with E-state index in [1.54, 1.807) is 12.4 Å². The van der Waals surface area contributed by atoms with Gasteiger partial charge in [0, 0.05) is 12.4 Å². The maximum atomic E-state index is 7.13. The molecule has 8 heteroatoms. The van der Waals surface area contributed by atoms with Gasteiger partial charge in [-0.1, -0.05) is 22.3 Å². The van der Waals surface area contributed by atoms with E-state index in [1.807, 2.05) is 18.2 Å². The monoisotopic (exact) mass is 356 g/mol. The SMILES string of the molecule is N#C[S-].N#C[S-].N#C[S-].[Rh+3].c1ccncc1. The van der Waals surface area contributed by atoms with Gasteiger partial charge in [-0.3, -0.25) is 4.98 Å². The zero-order chi connectivity index (χ0) is 12.4. The summed E-state index contributed by atoms with van der Waals surface area (Å²) < 4.78 is 0. The summed E-state index contributed by atoms with van der Waals surface area (Å²) in [6.07, 6.45) is 3.50. The van der Waals surface area contributed by atoms with Gasteiger partial charge in [-0.15, -0.1) is 0 Å². The Morgan fingerprint density at radius 1 is 0.750 bits per heavy atom. The Hall–Kier alpha value is -1.10. The van der Waals surface area contributed by atoms with Gasteiger partial charge in [0.15, 0.2) is 0 Å². The molecule has 0 aliphatic rings. The molecule has 0 N–H and O–H groups in total. The van der Waals surface area contributed by atoms with Crippen molar-refractivity contribution in [2.24, 2.45) is 0 Å². The zero-order valence-corrected chi connectivity index (χ0v) is 11.8. The van der Waals surface area contributed by atoms with Gasteiger partial charge in [0.05, 0.1) is 0 Å². The molecule has 0 atom stereocenters. The van der Waals surface area contributed by atoms with Crippen molar-refractivity contribution < 1.29 is 19.5 Å². The fourth-order valence-corrected chi connectivity index (χ4v) is 0.313. The molecule has 16 heavy (non-hydrogen) atoms. The van der Waals surface area contributed by atoms with Crippen molar-refractivity contribution in [1.29, 1.82) is 15.8 Å². The van der Waals surface area contributed by atoms with Crippen molar-refractivity contribution in [2.45, 2.75) is 0 Å². The summed E-state index contributed by atoms with van der Waals surface area (Å²) in [5.74, 6) is 0. The first-order valence-electron chi connectivity index (χ1n) is 3.13. The molecule has 0 aliphatic heterocycles. The van der Waals surface area contributed by atoms with Crippen LogP contribution in [0.2, 0.25) is 0 Å². The van der Waals surface area contributed by atoms with E-state index in [9.17, 15) is 0 Å². The molecule has 0 bridgehead atoms. The third-order valence-corrected chi connectivity index (χ3v) is 0.566. The second-order valence-electron chi connectivity index (χ2n) is 1.30. The third kappa shape index (κ3) is 76.0. The van der Waals surface area contributed by atoms with Gasteiger partial charge in [-0.2, -0.15) is 0 Å². The van der Waals surface area contributed by atoms with Gasteiger partial charge < -0.3 is 37.9 Å². The van der Waals surface area contributed by atoms with Crippen LogP contribution in [0.25, 0.3) is 0 Å². The average molecular weight is 356 g/mol. The zero-order valence-electron chi connectivity index (χ0n) is 7.73. The molecule has 0 radical (unpaired) electrons. The van der Waals surface area contributed by atoms with E-state index >= 15 is 0 Å². The molecule has 0 saturated heterocycles. The first kappa shape index (κ1) is 24.2. The van der Waals surface area contributed by atoms with Crippen molar-refractivity contribution in [3.8, 4) is 16.2 Å². The molecule has 1 aromatic heterocycles. The maximum absolute atomic E-state index is 7.13. The molecule has 0 amide bonds. The smallest absolute Gasteiger partial charge is 0.696 e. The van der Waals surface area contributed by atoms with Crippen LogP contribution >= 0.6 is 0 Å². The number of hydrogen-bond donors (Lipinski definition) is 0. The van der Waals surface area contributed by atoms with E-state index in [2.05, 4.69) is 42.9 Å². The standard InChI is InChI=1S/C5H5N.3CHNS.Rh/c1-2-4-6-5-3-1;3*2-1-3;/h1-5H;3*3H;/q;;;;+3/p-3. The average Bonchev–Trinajstić information content (AvgIpc) is 2.24. The quantitative estimate of drug-likeness (QED) is 0.391. The molecule has 84 valence electrons. The summed E-state index contributed by atoms with van der Waals surface area (Å²) in [5, 5.41) is 25.4. The molecule has 0 aromatic carbocycles. The van der Waals surface area contributed by atoms with E-state index in [-0.39, 0.29) is 19.5 Å². The van der Waals surface area contributed by atoms with Crippen LogP contribution in [0.5, 0.6) is 0 Å². The molecule has 1 rings (SSSR count). The maximum Gasteiger partial charge on any atom is 3.00 e. The van der Waals surface area contributed by atoms with Crippen molar-refractivity contribution in [3.05, 3.63) is 30.6 Å². The predicted molar refractivity (Wildman–Crippen MR) is 63.2 cm³/mol. The van der Waals surface area contributed by atoms with Crippen molar-refractivity contribution >= 4 is 37.9 Å². The summed E-state index contributed by atoms with van der Waals surface area (Å²) in [7, 11) is 0. The summed E-state index contributed by atoms with van der Waals surface area (Å²) in [4.78, 5) is 3.78. The third-order valence-electron chi connectivity index (χ3n) is 0.566.